The lowest BCUT2D eigenvalue weighted by Gasteiger charge is -2.04. The molecule has 3 rings (SSSR count). The lowest BCUT2D eigenvalue weighted by molar-refractivity contribution is 0.171. The van der Waals surface area contributed by atoms with Crippen LogP contribution in [-0.2, 0) is 6.54 Å². The second-order valence-corrected chi connectivity index (χ2v) is 4.35. The van der Waals surface area contributed by atoms with Crippen molar-refractivity contribution in [3.8, 4) is 22.9 Å². The van der Waals surface area contributed by atoms with Gasteiger partial charge in [-0.25, -0.2) is 4.39 Å². The van der Waals surface area contributed by atoms with E-state index in [1.165, 1.54) is 0 Å². The number of rotatable bonds is 2. The van der Waals surface area contributed by atoms with Crippen LogP contribution in [0.15, 0.2) is 15.1 Å². The molecule has 8 heteroatoms. The van der Waals surface area contributed by atoms with Crippen LogP contribution in [0.25, 0.3) is 11.4 Å². The van der Waals surface area contributed by atoms with Gasteiger partial charge in [0.1, 0.15) is 0 Å². The smallest absolute Gasteiger partial charge is 0.240 e. The van der Waals surface area contributed by atoms with Gasteiger partial charge >= 0.3 is 0 Å². The average molecular weight is 316 g/mol. The highest BCUT2D eigenvalue weighted by molar-refractivity contribution is 9.10. The van der Waals surface area contributed by atoms with Crippen molar-refractivity contribution in [3.05, 3.63) is 22.2 Å². The van der Waals surface area contributed by atoms with E-state index in [-0.39, 0.29) is 36.4 Å². The van der Waals surface area contributed by atoms with Crippen LogP contribution in [-0.4, -0.2) is 16.9 Å². The van der Waals surface area contributed by atoms with Crippen LogP contribution in [0.3, 0.4) is 0 Å². The first-order valence-electron chi connectivity index (χ1n) is 5.01. The van der Waals surface area contributed by atoms with E-state index in [1.54, 1.807) is 6.07 Å². The molecule has 18 heavy (non-hydrogen) atoms. The van der Waals surface area contributed by atoms with Crippen molar-refractivity contribution in [2.75, 3.05) is 6.79 Å². The Bertz CT molecular complexity index is 617. The number of benzene rings is 1. The second-order valence-electron chi connectivity index (χ2n) is 3.50. The standard InChI is InChI=1S/C10H7BrFN3O3/c11-4-1-5-9(17-3-16-5)8(12)7(4)10-14-6(2-13)18-15-10/h1H,2-3,13H2. The van der Waals surface area contributed by atoms with E-state index in [4.69, 9.17) is 19.7 Å². The molecule has 0 unspecified atom stereocenters. The molecule has 6 nitrogen and oxygen atoms in total. The van der Waals surface area contributed by atoms with Gasteiger partial charge in [0, 0.05) is 4.47 Å². The fraction of sp³-hybridized carbons (Fsp3) is 0.200. The first-order valence-corrected chi connectivity index (χ1v) is 5.80. The summed E-state index contributed by atoms with van der Waals surface area (Å²) in [5.41, 5.74) is 5.52. The third-order valence-corrected chi connectivity index (χ3v) is 3.05. The van der Waals surface area contributed by atoms with Gasteiger partial charge in [-0.3, -0.25) is 0 Å². The van der Waals surface area contributed by atoms with Gasteiger partial charge in [-0.05, 0) is 22.0 Å². The van der Waals surface area contributed by atoms with Crippen molar-refractivity contribution in [1.29, 1.82) is 0 Å². The minimum Gasteiger partial charge on any atom is -0.453 e. The molecule has 1 aromatic carbocycles. The molecule has 0 atom stereocenters. The Hall–Kier alpha value is -1.67. The van der Waals surface area contributed by atoms with Crippen LogP contribution >= 0.6 is 15.9 Å². The minimum absolute atomic E-state index is 0.0115. The summed E-state index contributed by atoms with van der Waals surface area (Å²) in [6, 6.07) is 1.60. The lowest BCUT2D eigenvalue weighted by Crippen LogP contribution is -1.96. The number of ether oxygens (including phenoxy) is 2. The predicted molar refractivity (Wildman–Crippen MR) is 61.4 cm³/mol. The Labute approximate surface area is 109 Å². The summed E-state index contributed by atoms with van der Waals surface area (Å²) in [7, 11) is 0. The van der Waals surface area contributed by atoms with Gasteiger partial charge in [0.05, 0.1) is 12.1 Å². The first kappa shape index (κ1) is 11.4. The number of aromatic nitrogens is 2. The van der Waals surface area contributed by atoms with Gasteiger partial charge < -0.3 is 19.7 Å². The maximum Gasteiger partial charge on any atom is 0.240 e. The maximum absolute atomic E-state index is 14.2. The topological polar surface area (TPSA) is 83.4 Å². The van der Waals surface area contributed by atoms with Crippen LogP contribution < -0.4 is 15.2 Å². The van der Waals surface area contributed by atoms with E-state index < -0.39 is 5.82 Å². The van der Waals surface area contributed by atoms with E-state index in [1.807, 2.05) is 0 Å². The van der Waals surface area contributed by atoms with E-state index >= 15 is 0 Å². The third kappa shape index (κ3) is 1.65. The molecule has 2 N–H and O–H groups in total. The van der Waals surface area contributed by atoms with Crippen molar-refractivity contribution in [2.45, 2.75) is 6.54 Å². The Kier molecular flexibility index (Phi) is 2.67. The molecule has 0 bridgehead atoms. The normalized spacial score (nSPS) is 13.1. The molecule has 2 aromatic rings. The molecule has 1 aliphatic heterocycles. The minimum atomic E-state index is -0.596. The van der Waals surface area contributed by atoms with Crippen molar-refractivity contribution in [3.63, 3.8) is 0 Å². The van der Waals surface area contributed by atoms with Crippen molar-refractivity contribution in [1.82, 2.24) is 10.1 Å². The van der Waals surface area contributed by atoms with Crippen LogP contribution in [0, 0.1) is 5.82 Å². The van der Waals surface area contributed by atoms with Gasteiger partial charge in [0.2, 0.25) is 24.3 Å². The molecule has 0 radical (unpaired) electrons. The third-order valence-electron chi connectivity index (χ3n) is 2.42. The van der Waals surface area contributed by atoms with Gasteiger partial charge in [-0.2, -0.15) is 4.98 Å². The number of fused-ring (bicyclic) bond motifs is 1. The van der Waals surface area contributed by atoms with E-state index in [2.05, 4.69) is 26.1 Å². The zero-order valence-corrected chi connectivity index (χ0v) is 10.5. The molecule has 2 heterocycles. The van der Waals surface area contributed by atoms with E-state index in [0.29, 0.717) is 10.2 Å². The Morgan fingerprint density at radius 3 is 3.00 bits per heavy atom. The molecular formula is C10H7BrFN3O3. The van der Waals surface area contributed by atoms with E-state index in [9.17, 15) is 4.39 Å². The summed E-state index contributed by atoms with van der Waals surface area (Å²) in [6.07, 6.45) is 0. The molecular weight excluding hydrogens is 309 g/mol. The van der Waals surface area contributed by atoms with Crippen LogP contribution in [0.4, 0.5) is 4.39 Å². The van der Waals surface area contributed by atoms with Gasteiger partial charge in [-0.1, -0.05) is 5.16 Å². The fourth-order valence-corrected chi connectivity index (χ4v) is 2.18. The summed E-state index contributed by atoms with van der Waals surface area (Å²) in [5, 5.41) is 3.67. The molecule has 0 amide bonds. The second kappa shape index (κ2) is 4.21. The molecule has 0 spiro atoms. The number of nitrogens with zero attached hydrogens (tertiary/aromatic N) is 2. The molecule has 0 fully saturated rings. The number of hydrogen-bond acceptors (Lipinski definition) is 6. The highest BCUT2D eigenvalue weighted by Gasteiger charge is 2.27. The summed E-state index contributed by atoms with van der Waals surface area (Å²) in [5.74, 6) is 0.131. The van der Waals surface area contributed by atoms with Crippen LogP contribution in [0.1, 0.15) is 5.89 Å². The summed E-state index contributed by atoms with van der Waals surface area (Å²) in [6.45, 7) is 0.0826. The van der Waals surface area contributed by atoms with Gasteiger partial charge in [0.25, 0.3) is 0 Å². The molecule has 1 aliphatic rings. The lowest BCUT2D eigenvalue weighted by atomic mass is 10.1. The molecule has 0 saturated carbocycles. The number of halogens is 2. The maximum atomic E-state index is 14.2. The predicted octanol–water partition coefficient (Wildman–Crippen LogP) is 1.83. The van der Waals surface area contributed by atoms with Crippen LogP contribution in [0.2, 0.25) is 0 Å². The Morgan fingerprint density at radius 1 is 1.44 bits per heavy atom. The first-order chi connectivity index (χ1) is 8.70. The molecule has 1 aromatic heterocycles. The SMILES string of the molecule is NCc1nc(-c2c(Br)cc3c(c2F)OCO3)no1. The highest BCUT2D eigenvalue weighted by Crippen LogP contribution is 2.43. The molecule has 0 saturated heterocycles. The average Bonchev–Trinajstić information content (AvgIpc) is 2.97. The van der Waals surface area contributed by atoms with Gasteiger partial charge in [-0.15, -0.1) is 0 Å². The molecule has 0 aliphatic carbocycles. The van der Waals surface area contributed by atoms with Crippen molar-refractivity contribution < 1.29 is 18.4 Å². The zero-order valence-electron chi connectivity index (χ0n) is 8.94. The Balaban J connectivity index is 2.17. The van der Waals surface area contributed by atoms with Crippen molar-refractivity contribution in [2.24, 2.45) is 5.73 Å². The quantitative estimate of drug-likeness (QED) is 0.910. The van der Waals surface area contributed by atoms with Crippen molar-refractivity contribution >= 4 is 15.9 Å². The van der Waals surface area contributed by atoms with Gasteiger partial charge in [0.15, 0.2) is 11.6 Å². The Morgan fingerprint density at radius 2 is 2.28 bits per heavy atom. The highest BCUT2D eigenvalue weighted by atomic mass is 79.9. The number of nitrogens with two attached hydrogens (primary N) is 1. The fourth-order valence-electron chi connectivity index (χ4n) is 1.62. The largest absolute Gasteiger partial charge is 0.453 e. The number of hydrogen-bond donors (Lipinski definition) is 1. The van der Waals surface area contributed by atoms with Crippen LogP contribution in [0.5, 0.6) is 11.5 Å². The molecule has 94 valence electrons. The monoisotopic (exact) mass is 315 g/mol. The summed E-state index contributed by atoms with van der Waals surface area (Å²) < 4.78 is 29.7. The zero-order chi connectivity index (χ0) is 12.7. The summed E-state index contributed by atoms with van der Waals surface area (Å²) >= 11 is 3.24. The van der Waals surface area contributed by atoms with E-state index in [0.717, 1.165) is 0 Å². The summed E-state index contributed by atoms with van der Waals surface area (Å²) in [4.78, 5) is 3.98.